The summed E-state index contributed by atoms with van der Waals surface area (Å²) >= 11 is 0. The van der Waals surface area contributed by atoms with E-state index in [-0.39, 0.29) is 67.3 Å². The van der Waals surface area contributed by atoms with Crippen LogP contribution in [0.1, 0.15) is 40.0 Å². The van der Waals surface area contributed by atoms with Gasteiger partial charge in [-0.3, -0.25) is 14.5 Å². The number of aromatic nitrogens is 2. The van der Waals surface area contributed by atoms with E-state index in [1.165, 1.54) is 24.4 Å². The van der Waals surface area contributed by atoms with E-state index in [2.05, 4.69) is 5.10 Å². The van der Waals surface area contributed by atoms with Crippen molar-refractivity contribution in [2.45, 2.75) is 31.0 Å². The molecule has 2 atom stereocenters. The van der Waals surface area contributed by atoms with E-state index in [1.54, 1.807) is 4.90 Å². The number of likely N-dealkylation sites (tertiary alicyclic amines) is 2. The first-order chi connectivity index (χ1) is 18.0. The summed E-state index contributed by atoms with van der Waals surface area (Å²) < 4.78 is 48.6. The zero-order valence-corrected chi connectivity index (χ0v) is 20.5. The van der Waals surface area contributed by atoms with E-state index in [1.807, 2.05) is 4.90 Å². The Morgan fingerprint density at radius 1 is 1.08 bits per heavy atom. The van der Waals surface area contributed by atoms with E-state index in [0.717, 1.165) is 10.7 Å². The van der Waals surface area contributed by atoms with Gasteiger partial charge in [-0.25, -0.2) is 4.79 Å². The Hall–Kier alpha value is -3.45. The standard InChI is InChI=1S/C25H28F3N5O5/c26-25(27,28)19-9-18(24(22(35)36)4-7-38-8-5-24)2-1-15(19)10-31-11-16-13-32(14-17(16)12-31)23(37)33-6-3-20(30-33)21(29)34/h1-3,6,9,16-17H,4-5,7-8,10-14H2,(H2,29,34)(H,35,36). The third-order valence-electron chi connectivity index (χ3n) is 7.99. The van der Waals surface area contributed by atoms with Crippen molar-refractivity contribution in [3.8, 4) is 0 Å². The summed E-state index contributed by atoms with van der Waals surface area (Å²) in [6.45, 7) is 2.34. The molecule has 13 heteroatoms. The Balaban J connectivity index is 1.28. The minimum Gasteiger partial charge on any atom is -0.481 e. The van der Waals surface area contributed by atoms with Crippen molar-refractivity contribution in [1.82, 2.24) is 19.6 Å². The first-order valence-electron chi connectivity index (χ1n) is 12.4. The summed E-state index contributed by atoms with van der Waals surface area (Å²) in [7, 11) is 0. The number of carboxylic acid groups (broad SMARTS) is 1. The molecule has 0 saturated carbocycles. The average molecular weight is 536 g/mol. The lowest BCUT2D eigenvalue weighted by Crippen LogP contribution is -2.41. The van der Waals surface area contributed by atoms with Gasteiger partial charge < -0.3 is 20.5 Å². The van der Waals surface area contributed by atoms with Gasteiger partial charge >= 0.3 is 18.2 Å². The summed E-state index contributed by atoms with van der Waals surface area (Å²) in [5, 5.41) is 13.8. The number of alkyl halides is 3. The molecule has 5 rings (SSSR count). The molecule has 0 spiro atoms. The fourth-order valence-electron chi connectivity index (χ4n) is 5.95. The van der Waals surface area contributed by atoms with Crippen LogP contribution in [0.5, 0.6) is 0 Å². The van der Waals surface area contributed by atoms with Crippen LogP contribution in [-0.4, -0.2) is 82.0 Å². The zero-order chi connectivity index (χ0) is 27.2. The molecule has 3 aliphatic heterocycles. The Morgan fingerprint density at radius 3 is 2.29 bits per heavy atom. The molecular weight excluding hydrogens is 507 g/mol. The van der Waals surface area contributed by atoms with Gasteiger partial charge in [-0.2, -0.15) is 23.0 Å². The summed E-state index contributed by atoms with van der Waals surface area (Å²) in [5.74, 6) is -1.69. The highest BCUT2D eigenvalue weighted by Crippen LogP contribution is 2.41. The number of ether oxygens (including phenoxy) is 1. The summed E-state index contributed by atoms with van der Waals surface area (Å²) in [6.07, 6.45) is -3.03. The molecule has 4 heterocycles. The second-order valence-electron chi connectivity index (χ2n) is 10.3. The Labute approximate surface area is 216 Å². The number of rotatable bonds is 5. The number of amides is 2. The molecule has 2 unspecified atom stereocenters. The van der Waals surface area contributed by atoms with Crippen molar-refractivity contribution in [3.05, 3.63) is 52.8 Å². The third kappa shape index (κ3) is 4.75. The number of nitrogens with zero attached hydrogens (tertiary/aromatic N) is 4. The van der Waals surface area contributed by atoms with Crippen molar-refractivity contribution in [1.29, 1.82) is 0 Å². The van der Waals surface area contributed by atoms with Gasteiger partial charge in [-0.1, -0.05) is 12.1 Å². The van der Waals surface area contributed by atoms with Gasteiger partial charge in [-0.05, 0) is 47.9 Å². The number of hydrogen-bond donors (Lipinski definition) is 2. The van der Waals surface area contributed by atoms with Crippen LogP contribution < -0.4 is 5.73 Å². The molecule has 3 fully saturated rings. The molecule has 3 saturated heterocycles. The largest absolute Gasteiger partial charge is 0.481 e. The Morgan fingerprint density at radius 2 is 1.74 bits per heavy atom. The number of carbonyl (C=O) groups excluding carboxylic acids is 2. The van der Waals surface area contributed by atoms with E-state index >= 15 is 0 Å². The molecule has 2 amide bonds. The molecule has 38 heavy (non-hydrogen) atoms. The highest BCUT2D eigenvalue weighted by atomic mass is 19.4. The minimum absolute atomic E-state index is 0.0125. The monoisotopic (exact) mass is 535 g/mol. The van der Waals surface area contributed by atoms with Crippen LogP contribution in [0.3, 0.4) is 0 Å². The van der Waals surface area contributed by atoms with Crippen LogP contribution in [0.25, 0.3) is 0 Å². The molecule has 0 aliphatic carbocycles. The topological polar surface area (TPSA) is 131 Å². The van der Waals surface area contributed by atoms with E-state index in [0.29, 0.717) is 26.2 Å². The molecule has 0 bridgehead atoms. The number of nitrogens with two attached hydrogens (primary N) is 1. The summed E-state index contributed by atoms with van der Waals surface area (Å²) in [4.78, 5) is 39.7. The minimum atomic E-state index is -4.64. The van der Waals surface area contributed by atoms with E-state index < -0.39 is 29.0 Å². The maximum atomic E-state index is 14.1. The fraction of sp³-hybridized carbons (Fsp3) is 0.520. The number of fused-ring (bicyclic) bond motifs is 1. The van der Waals surface area contributed by atoms with Crippen LogP contribution in [0.4, 0.5) is 18.0 Å². The van der Waals surface area contributed by atoms with Gasteiger partial charge in [0, 0.05) is 52.1 Å². The highest BCUT2D eigenvalue weighted by Gasteiger charge is 2.45. The first-order valence-corrected chi connectivity index (χ1v) is 12.4. The number of carboxylic acids is 1. The lowest BCUT2D eigenvalue weighted by molar-refractivity contribution is -0.148. The Kier molecular flexibility index (Phi) is 6.68. The van der Waals surface area contributed by atoms with Crippen molar-refractivity contribution in [2.75, 3.05) is 39.4 Å². The van der Waals surface area contributed by atoms with Crippen LogP contribution in [0.2, 0.25) is 0 Å². The van der Waals surface area contributed by atoms with E-state index in [9.17, 15) is 32.7 Å². The lowest BCUT2D eigenvalue weighted by atomic mass is 9.73. The van der Waals surface area contributed by atoms with Gasteiger partial charge in [-0.15, -0.1) is 0 Å². The molecule has 2 aromatic rings. The van der Waals surface area contributed by atoms with Crippen molar-refractivity contribution in [2.24, 2.45) is 17.6 Å². The molecule has 1 aromatic heterocycles. The van der Waals surface area contributed by atoms with E-state index in [4.69, 9.17) is 10.5 Å². The quantitative estimate of drug-likeness (QED) is 0.600. The number of aliphatic carboxylic acids is 1. The van der Waals surface area contributed by atoms with Gasteiger partial charge in [0.2, 0.25) is 0 Å². The van der Waals surface area contributed by atoms with Gasteiger partial charge in [0.05, 0.1) is 11.0 Å². The maximum absolute atomic E-state index is 14.1. The SMILES string of the molecule is NC(=O)c1ccn(C(=O)N2CC3CN(Cc4ccc(C5(C(=O)O)CCOCC5)cc4C(F)(F)F)CC3C2)n1. The predicted molar refractivity (Wildman–Crippen MR) is 126 cm³/mol. The van der Waals surface area contributed by atoms with Crippen molar-refractivity contribution >= 4 is 17.9 Å². The Bertz CT molecular complexity index is 1240. The first kappa shape index (κ1) is 26.2. The van der Waals surface area contributed by atoms with Crippen molar-refractivity contribution < 1.29 is 37.4 Å². The number of primary amides is 1. The number of hydrogen-bond acceptors (Lipinski definition) is 6. The number of carbonyl (C=O) groups is 3. The van der Waals surface area contributed by atoms with Crippen LogP contribution in [0.15, 0.2) is 30.5 Å². The molecule has 3 N–H and O–H groups in total. The normalized spacial score (nSPS) is 23.4. The maximum Gasteiger partial charge on any atom is 0.416 e. The second-order valence-corrected chi connectivity index (χ2v) is 10.3. The molecular formula is C25H28F3N5O5. The van der Waals surface area contributed by atoms with Crippen LogP contribution >= 0.6 is 0 Å². The van der Waals surface area contributed by atoms with Gasteiger partial charge in [0.1, 0.15) is 0 Å². The second kappa shape index (κ2) is 9.70. The van der Waals surface area contributed by atoms with Crippen molar-refractivity contribution in [3.63, 3.8) is 0 Å². The third-order valence-corrected chi connectivity index (χ3v) is 7.99. The van der Waals surface area contributed by atoms with Gasteiger partial charge in [0.15, 0.2) is 5.69 Å². The zero-order valence-electron chi connectivity index (χ0n) is 20.5. The molecule has 3 aliphatic rings. The van der Waals surface area contributed by atoms with Crippen LogP contribution in [-0.2, 0) is 27.7 Å². The molecule has 1 aromatic carbocycles. The summed E-state index contributed by atoms with van der Waals surface area (Å²) in [5.41, 5.74) is 3.20. The van der Waals surface area contributed by atoms with Gasteiger partial charge in [0.25, 0.3) is 5.91 Å². The fourth-order valence-corrected chi connectivity index (χ4v) is 5.95. The smallest absolute Gasteiger partial charge is 0.416 e. The highest BCUT2D eigenvalue weighted by molar-refractivity contribution is 5.91. The average Bonchev–Trinajstić information content (AvgIpc) is 3.59. The molecule has 0 radical (unpaired) electrons. The lowest BCUT2D eigenvalue weighted by Gasteiger charge is -2.34. The molecule has 204 valence electrons. The number of benzene rings is 1. The summed E-state index contributed by atoms with van der Waals surface area (Å²) in [6, 6.07) is 4.88. The van der Waals surface area contributed by atoms with Crippen LogP contribution in [0, 0.1) is 11.8 Å². The molecule has 10 nitrogen and oxygen atoms in total. The predicted octanol–water partition coefficient (Wildman–Crippen LogP) is 2.17. The number of halogens is 3.